The third-order valence-corrected chi connectivity index (χ3v) is 7.64. The van der Waals surface area contributed by atoms with E-state index in [0.717, 1.165) is 24.8 Å². The standard InChI is InChI=1S/C25H25N3O5S/c29-25(27-20-5-8-23-24(16-20)33-14-2-13-32-23)19-3-1-4-22(15-19)34(30,31)28(21-6-7-21)17-18-9-11-26-12-10-18/h1,3-5,8-12,15-16,21H,2,6-7,13-14,17H2,(H,27,29). The molecule has 0 bridgehead atoms. The highest BCUT2D eigenvalue weighted by Crippen LogP contribution is 2.34. The van der Waals surface area contributed by atoms with Gasteiger partial charge in [0.1, 0.15) is 0 Å². The highest BCUT2D eigenvalue weighted by molar-refractivity contribution is 7.89. The Kier molecular flexibility index (Phi) is 6.21. The van der Waals surface area contributed by atoms with Crippen molar-refractivity contribution in [3.05, 3.63) is 78.1 Å². The molecule has 9 heteroatoms. The van der Waals surface area contributed by atoms with Gasteiger partial charge in [0.05, 0.1) is 18.1 Å². The minimum absolute atomic E-state index is 0.0301. The van der Waals surface area contributed by atoms with Crippen LogP contribution in [-0.4, -0.2) is 42.9 Å². The van der Waals surface area contributed by atoms with Crippen LogP contribution < -0.4 is 14.8 Å². The van der Waals surface area contributed by atoms with Crippen molar-refractivity contribution in [2.75, 3.05) is 18.5 Å². The number of anilines is 1. The summed E-state index contributed by atoms with van der Waals surface area (Å²) < 4.78 is 39.8. The lowest BCUT2D eigenvalue weighted by Crippen LogP contribution is -2.32. The molecule has 5 rings (SSSR count). The summed E-state index contributed by atoms with van der Waals surface area (Å²) in [5.41, 5.74) is 1.67. The molecule has 176 valence electrons. The third kappa shape index (κ3) is 4.90. The summed E-state index contributed by atoms with van der Waals surface area (Å²) >= 11 is 0. The zero-order valence-electron chi connectivity index (χ0n) is 18.5. The van der Waals surface area contributed by atoms with Crippen molar-refractivity contribution in [1.82, 2.24) is 9.29 Å². The molecule has 2 aliphatic rings. The molecule has 2 aromatic carbocycles. The van der Waals surface area contributed by atoms with Crippen molar-refractivity contribution in [2.45, 2.75) is 36.7 Å². The molecule has 3 aromatic rings. The molecule has 1 aliphatic heterocycles. The van der Waals surface area contributed by atoms with Crippen LogP contribution in [0.1, 0.15) is 35.2 Å². The van der Waals surface area contributed by atoms with Crippen molar-refractivity contribution >= 4 is 21.6 Å². The number of carbonyl (C=O) groups excluding carboxylic acids is 1. The smallest absolute Gasteiger partial charge is 0.255 e. The summed E-state index contributed by atoms with van der Waals surface area (Å²) in [7, 11) is -3.78. The Morgan fingerprint density at radius 2 is 1.76 bits per heavy atom. The molecule has 8 nitrogen and oxygen atoms in total. The molecule has 0 spiro atoms. The second-order valence-electron chi connectivity index (χ2n) is 8.33. The van der Waals surface area contributed by atoms with Crippen LogP contribution in [0.2, 0.25) is 0 Å². The normalized spacial score (nSPS) is 15.6. The van der Waals surface area contributed by atoms with Gasteiger partial charge in [-0.25, -0.2) is 8.42 Å². The molecular weight excluding hydrogens is 454 g/mol. The number of ether oxygens (including phenoxy) is 2. The second-order valence-corrected chi connectivity index (χ2v) is 10.2. The average Bonchev–Trinajstić information content (AvgIpc) is 3.70. The number of pyridine rings is 1. The number of aromatic nitrogens is 1. The van der Waals surface area contributed by atoms with Gasteiger partial charge in [-0.05, 0) is 60.9 Å². The zero-order valence-corrected chi connectivity index (χ0v) is 19.3. The quantitative estimate of drug-likeness (QED) is 0.553. The lowest BCUT2D eigenvalue weighted by atomic mass is 10.2. The van der Waals surface area contributed by atoms with Crippen molar-refractivity contribution < 1.29 is 22.7 Å². The van der Waals surface area contributed by atoms with Crippen molar-refractivity contribution in [1.29, 1.82) is 0 Å². The van der Waals surface area contributed by atoms with Gasteiger partial charge in [-0.2, -0.15) is 4.31 Å². The second kappa shape index (κ2) is 9.44. The molecule has 2 heterocycles. The number of hydrogen-bond donors (Lipinski definition) is 1. The van der Waals surface area contributed by atoms with Crippen LogP contribution in [0.25, 0.3) is 0 Å². The van der Waals surface area contributed by atoms with Crippen molar-refractivity contribution in [2.24, 2.45) is 0 Å². The Labute approximate surface area is 198 Å². The molecule has 1 aromatic heterocycles. The maximum atomic E-state index is 13.5. The van der Waals surface area contributed by atoms with Gasteiger partial charge in [0.25, 0.3) is 5.91 Å². The Hall–Kier alpha value is -3.43. The topological polar surface area (TPSA) is 97.8 Å². The van der Waals surface area contributed by atoms with Gasteiger partial charge in [-0.15, -0.1) is 0 Å². The third-order valence-electron chi connectivity index (χ3n) is 5.75. The van der Waals surface area contributed by atoms with E-state index in [1.54, 1.807) is 42.7 Å². The number of carbonyl (C=O) groups is 1. The van der Waals surface area contributed by atoms with E-state index in [1.165, 1.54) is 16.4 Å². The minimum Gasteiger partial charge on any atom is -0.490 e. The van der Waals surface area contributed by atoms with Gasteiger partial charge < -0.3 is 14.8 Å². The predicted molar refractivity (Wildman–Crippen MR) is 126 cm³/mol. The number of rotatable bonds is 7. The first-order valence-electron chi connectivity index (χ1n) is 11.2. The van der Waals surface area contributed by atoms with Crippen LogP contribution >= 0.6 is 0 Å². The number of nitrogens with zero attached hydrogens (tertiary/aromatic N) is 2. The number of sulfonamides is 1. The highest BCUT2D eigenvalue weighted by Gasteiger charge is 2.38. The van der Waals surface area contributed by atoms with Gasteiger partial charge >= 0.3 is 0 Å². The Morgan fingerprint density at radius 1 is 1.00 bits per heavy atom. The number of nitrogens with one attached hydrogen (secondary N) is 1. The molecule has 1 amide bonds. The molecule has 1 N–H and O–H groups in total. The maximum Gasteiger partial charge on any atom is 0.255 e. The first-order chi connectivity index (χ1) is 16.5. The van der Waals surface area contributed by atoms with E-state index < -0.39 is 15.9 Å². The lowest BCUT2D eigenvalue weighted by Gasteiger charge is -2.22. The fourth-order valence-corrected chi connectivity index (χ4v) is 5.54. The van der Waals surface area contributed by atoms with Crippen molar-refractivity contribution in [3.8, 4) is 11.5 Å². The minimum atomic E-state index is -3.78. The van der Waals surface area contributed by atoms with Crippen LogP contribution in [-0.2, 0) is 16.6 Å². The van der Waals surface area contributed by atoms with Crippen LogP contribution in [0, 0.1) is 0 Å². The number of fused-ring (bicyclic) bond motifs is 1. The van der Waals surface area contributed by atoms with Gasteiger partial charge in [-0.1, -0.05) is 6.07 Å². The van der Waals surface area contributed by atoms with E-state index in [0.29, 0.717) is 30.4 Å². The Morgan fingerprint density at radius 3 is 2.53 bits per heavy atom. The lowest BCUT2D eigenvalue weighted by molar-refractivity contribution is 0.102. The molecule has 1 saturated carbocycles. The van der Waals surface area contributed by atoms with E-state index in [-0.39, 0.29) is 23.0 Å². The fraction of sp³-hybridized carbons (Fsp3) is 0.280. The summed E-state index contributed by atoms with van der Waals surface area (Å²) in [5.74, 6) is 0.805. The highest BCUT2D eigenvalue weighted by atomic mass is 32.2. The first-order valence-corrected chi connectivity index (χ1v) is 12.7. The van der Waals surface area contributed by atoms with E-state index in [1.807, 2.05) is 12.1 Å². The SMILES string of the molecule is O=C(Nc1ccc2c(c1)OCCCO2)c1cccc(S(=O)(=O)N(Cc2ccncc2)C2CC2)c1. The first kappa shape index (κ1) is 22.4. The van der Waals surface area contributed by atoms with Gasteiger partial charge in [0.2, 0.25) is 10.0 Å². The summed E-state index contributed by atoms with van der Waals surface area (Å²) in [5, 5.41) is 2.82. The van der Waals surface area contributed by atoms with E-state index >= 15 is 0 Å². The Bertz CT molecular complexity index is 1290. The average molecular weight is 480 g/mol. The summed E-state index contributed by atoms with van der Waals surface area (Å²) in [6.07, 6.45) is 5.75. The van der Waals surface area contributed by atoms with E-state index in [2.05, 4.69) is 10.3 Å². The summed E-state index contributed by atoms with van der Waals surface area (Å²) in [6.45, 7) is 1.39. The summed E-state index contributed by atoms with van der Waals surface area (Å²) in [6, 6.07) is 14.9. The van der Waals surface area contributed by atoms with Gasteiger partial charge in [0.15, 0.2) is 11.5 Å². The van der Waals surface area contributed by atoms with E-state index in [9.17, 15) is 13.2 Å². The van der Waals surface area contributed by atoms with E-state index in [4.69, 9.17) is 9.47 Å². The molecule has 1 fully saturated rings. The predicted octanol–water partition coefficient (Wildman–Crippen LogP) is 3.85. The van der Waals surface area contributed by atoms with Crippen LogP contribution in [0.5, 0.6) is 11.5 Å². The monoisotopic (exact) mass is 479 g/mol. The van der Waals surface area contributed by atoms with Crippen LogP contribution in [0.4, 0.5) is 5.69 Å². The largest absolute Gasteiger partial charge is 0.490 e. The Balaban J connectivity index is 1.36. The van der Waals surface area contributed by atoms with Gasteiger partial charge in [0, 0.05) is 48.7 Å². The molecule has 0 atom stereocenters. The summed E-state index contributed by atoms with van der Waals surface area (Å²) in [4.78, 5) is 17.0. The molecule has 0 saturated heterocycles. The molecule has 0 radical (unpaired) electrons. The number of amides is 1. The molecule has 1 aliphatic carbocycles. The molecular formula is C25H25N3O5S. The number of hydrogen-bond acceptors (Lipinski definition) is 6. The van der Waals surface area contributed by atoms with Gasteiger partial charge in [-0.3, -0.25) is 9.78 Å². The molecule has 0 unspecified atom stereocenters. The zero-order chi connectivity index (χ0) is 23.5. The van der Waals surface area contributed by atoms with Crippen LogP contribution in [0.3, 0.4) is 0 Å². The fourth-order valence-electron chi connectivity index (χ4n) is 3.82. The van der Waals surface area contributed by atoms with Crippen LogP contribution in [0.15, 0.2) is 71.9 Å². The van der Waals surface area contributed by atoms with Crippen molar-refractivity contribution in [3.63, 3.8) is 0 Å². The molecule has 34 heavy (non-hydrogen) atoms. The maximum absolute atomic E-state index is 13.5. The number of benzene rings is 2.